The summed E-state index contributed by atoms with van der Waals surface area (Å²) in [5.41, 5.74) is 4.13. The highest BCUT2D eigenvalue weighted by Crippen LogP contribution is 2.29. The van der Waals surface area contributed by atoms with Gasteiger partial charge in [-0.2, -0.15) is 0 Å². The molecular formula is C13H16N2. The molecule has 15 heavy (non-hydrogen) atoms. The number of rotatable bonds is 2. The van der Waals surface area contributed by atoms with Gasteiger partial charge in [-0.15, -0.1) is 0 Å². The fraction of sp³-hybridized carbons (Fsp3) is 0.462. The monoisotopic (exact) mass is 200 g/mol. The predicted octanol–water partition coefficient (Wildman–Crippen LogP) is 2.12. The van der Waals surface area contributed by atoms with Crippen molar-refractivity contribution in [3.8, 4) is 0 Å². The molecule has 0 bridgehead atoms. The van der Waals surface area contributed by atoms with Gasteiger partial charge in [-0.25, -0.2) is 0 Å². The van der Waals surface area contributed by atoms with Crippen molar-refractivity contribution in [3.63, 3.8) is 0 Å². The number of likely N-dealkylation sites (tertiary alicyclic amines) is 1. The first-order valence-electron chi connectivity index (χ1n) is 5.79. The average molecular weight is 200 g/mol. The molecule has 0 saturated carbocycles. The zero-order valence-corrected chi connectivity index (χ0v) is 8.95. The topological polar surface area (TPSA) is 16.1 Å². The van der Waals surface area contributed by atoms with Crippen LogP contribution in [0.3, 0.4) is 0 Å². The third-order valence-electron chi connectivity index (χ3n) is 3.40. The Hall–Kier alpha value is -1.15. The van der Waals surface area contributed by atoms with E-state index in [9.17, 15) is 0 Å². The van der Waals surface area contributed by atoms with Crippen LogP contribution in [0.2, 0.25) is 0 Å². The highest BCUT2D eigenvalue weighted by atomic mass is 15.2. The van der Waals surface area contributed by atoms with Crippen molar-refractivity contribution >= 4 is 5.57 Å². The van der Waals surface area contributed by atoms with Crippen LogP contribution in [-0.2, 0) is 6.42 Å². The Kier molecular flexibility index (Phi) is 2.29. The van der Waals surface area contributed by atoms with Crippen molar-refractivity contribution in [3.05, 3.63) is 35.7 Å². The van der Waals surface area contributed by atoms with Crippen molar-refractivity contribution in [1.82, 2.24) is 9.88 Å². The minimum absolute atomic E-state index is 1.12. The van der Waals surface area contributed by atoms with Crippen LogP contribution in [0.1, 0.15) is 24.1 Å². The van der Waals surface area contributed by atoms with Gasteiger partial charge in [0.15, 0.2) is 0 Å². The maximum atomic E-state index is 4.48. The van der Waals surface area contributed by atoms with Crippen molar-refractivity contribution < 1.29 is 0 Å². The van der Waals surface area contributed by atoms with Crippen molar-refractivity contribution in [1.29, 1.82) is 0 Å². The van der Waals surface area contributed by atoms with Crippen LogP contribution in [-0.4, -0.2) is 29.5 Å². The van der Waals surface area contributed by atoms with E-state index in [4.69, 9.17) is 0 Å². The molecule has 0 atom stereocenters. The lowest BCUT2D eigenvalue weighted by Gasteiger charge is -2.29. The maximum Gasteiger partial charge on any atom is 0.0691 e. The molecule has 1 aliphatic carbocycles. The molecule has 78 valence electrons. The van der Waals surface area contributed by atoms with Crippen LogP contribution in [0.5, 0.6) is 0 Å². The summed E-state index contributed by atoms with van der Waals surface area (Å²) in [6, 6.07) is 4.24. The first-order chi connectivity index (χ1) is 7.43. The zero-order valence-electron chi connectivity index (χ0n) is 8.95. The summed E-state index contributed by atoms with van der Waals surface area (Å²) in [6.45, 7) is 3.67. The van der Waals surface area contributed by atoms with E-state index in [1.165, 1.54) is 49.2 Å². The molecule has 2 heteroatoms. The summed E-state index contributed by atoms with van der Waals surface area (Å²) in [5.74, 6) is 0. The van der Waals surface area contributed by atoms with Gasteiger partial charge >= 0.3 is 0 Å². The number of pyridine rings is 1. The number of fused-ring (bicyclic) bond motifs is 1. The number of aromatic nitrogens is 1. The van der Waals surface area contributed by atoms with Gasteiger partial charge in [0.1, 0.15) is 0 Å². The number of aryl methyl sites for hydroxylation is 1. The average Bonchev–Trinajstić information content (AvgIpc) is 2.60. The van der Waals surface area contributed by atoms with Crippen molar-refractivity contribution in [2.45, 2.75) is 19.3 Å². The summed E-state index contributed by atoms with van der Waals surface area (Å²) in [7, 11) is 0. The van der Waals surface area contributed by atoms with E-state index in [1.807, 2.05) is 12.3 Å². The minimum atomic E-state index is 1.12. The van der Waals surface area contributed by atoms with Crippen LogP contribution < -0.4 is 0 Å². The second-order valence-electron chi connectivity index (χ2n) is 4.39. The highest BCUT2D eigenvalue weighted by molar-refractivity contribution is 5.69. The lowest BCUT2D eigenvalue weighted by Crippen LogP contribution is -2.37. The van der Waals surface area contributed by atoms with Crippen LogP contribution in [0, 0.1) is 0 Å². The summed E-state index contributed by atoms with van der Waals surface area (Å²) in [5, 5.41) is 0. The van der Waals surface area contributed by atoms with Crippen LogP contribution in [0.15, 0.2) is 24.4 Å². The highest BCUT2D eigenvalue weighted by Gasteiger charge is 2.18. The molecule has 0 amide bonds. The third-order valence-corrected chi connectivity index (χ3v) is 3.40. The molecule has 1 aliphatic heterocycles. The molecule has 1 fully saturated rings. The number of nitrogens with zero attached hydrogens (tertiary/aromatic N) is 2. The van der Waals surface area contributed by atoms with Crippen LogP contribution in [0.4, 0.5) is 0 Å². The smallest absolute Gasteiger partial charge is 0.0691 e. The standard InChI is InChI=1S/C13H16N2/c1-3-11-4-5-12(13(11)14-7-1)6-10-15-8-2-9-15/h1,3,6-7H,2,4-5,8-10H2/b12-6+. The lowest BCUT2D eigenvalue weighted by molar-refractivity contribution is 0.203. The van der Waals surface area contributed by atoms with Crippen LogP contribution >= 0.6 is 0 Å². The SMILES string of the molecule is C(/CN1CCC1)=C1/CCc2cccnc21. The zero-order chi connectivity index (χ0) is 10.1. The van der Waals surface area contributed by atoms with Gasteiger partial charge in [0.25, 0.3) is 0 Å². The largest absolute Gasteiger partial charge is 0.300 e. The molecular weight excluding hydrogens is 184 g/mol. The Morgan fingerprint density at radius 2 is 2.27 bits per heavy atom. The molecule has 1 aromatic heterocycles. The van der Waals surface area contributed by atoms with Gasteiger partial charge in [-0.05, 0) is 49.6 Å². The number of hydrogen-bond acceptors (Lipinski definition) is 2. The summed E-state index contributed by atoms with van der Waals surface area (Å²) < 4.78 is 0. The second kappa shape index (κ2) is 3.78. The molecule has 1 saturated heterocycles. The first-order valence-corrected chi connectivity index (χ1v) is 5.79. The van der Waals surface area contributed by atoms with Crippen molar-refractivity contribution in [2.24, 2.45) is 0 Å². The summed E-state index contributed by atoms with van der Waals surface area (Å²) in [4.78, 5) is 6.96. The summed E-state index contributed by atoms with van der Waals surface area (Å²) >= 11 is 0. The molecule has 0 unspecified atom stereocenters. The fourth-order valence-corrected chi connectivity index (χ4v) is 2.32. The molecule has 3 rings (SSSR count). The van der Waals surface area contributed by atoms with E-state index >= 15 is 0 Å². The van der Waals surface area contributed by atoms with Gasteiger partial charge in [-0.1, -0.05) is 12.1 Å². The molecule has 1 aromatic rings. The quantitative estimate of drug-likeness (QED) is 0.727. The molecule has 0 radical (unpaired) electrons. The molecule has 2 nitrogen and oxygen atoms in total. The van der Waals surface area contributed by atoms with E-state index in [1.54, 1.807) is 0 Å². The maximum absolute atomic E-state index is 4.48. The molecule has 2 heterocycles. The minimum Gasteiger partial charge on any atom is -0.300 e. The Balaban J connectivity index is 1.77. The van der Waals surface area contributed by atoms with Gasteiger partial charge in [-0.3, -0.25) is 9.88 Å². The molecule has 0 N–H and O–H groups in total. The number of allylic oxidation sites excluding steroid dienone is 1. The van der Waals surface area contributed by atoms with E-state index in [0.29, 0.717) is 0 Å². The van der Waals surface area contributed by atoms with E-state index < -0.39 is 0 Å². The van der Waals surface area contributed by atoms with Gasteiger partial charge in [0, 0.05) is 12.7 Å². The Bertz CT molecular complexity index is 391. The normalized spacial score (nSPS) is 22.8. The molecule has 2 aliphatic rings. The third kappa shape index (κ3) is 1.70. The van der Waals surface area contributed by atoms with Gasteiger partial charge < -0.3 is 0 Å². The molecule has 0 aromatic carbocycles. The van der Waals surface area contributed by atoms with E-state index in [0.717, 1.165) is 6.54 Å². The van der Waals surface area contributed by atoms with Gasteiger partial charge in [0.05, 0.1) is 5.69 Å². The Labute approximate surface area is 90.6 Å². The Morgan fingerprint density at radius 3 is 3.07 bits per heavy atom. The van der Waals surface area contributed by atoms with Crippen molar-refractivity contribution in [2.75, 3.05) is 19.6 Å². The van der Waals surface area contributed by atoms with E-state index in [-0.39, 0.29) is 0 Å². The number of hydrogen-bond donors (Lipinski definition) is 0. The first kappa shape index (κ1) is 9.10. The van der Waals surface area contributed by atoms with E-state index in [2.05, 4.69) is 22.0 Å². The second-order valence-corrected chi connectivity index (χ2v) is 4.39. The fourth-order valence-electron chi connectivity index (χ4n) is 2.32. The lowest BCUT2D eigenvalue weighted by atomic mass is 10.1. The predicted molar refractivity (Wildman–Crippen MR) is 61.6 cm³/mol. The van der Waals surface area contributed by atoms with Crippen LogP contribution in [0.25, 0.3) is 5.57 Å². The summed E-state index contributed by atoms with van der Waals surface area (Å²) in [6.07, 6.45) is 8.01. The van der Waals surface area contributed by atoms with Gasteiger partial charge in [0.2, 0.25) is 0 Å². The Morgan fingerprint density at radius 1 is 1.33 bits per heavy atom. The molecule has 0 spiro atoms.